The number of nitrogens with zero attached hydrogens (tertiary/aromatic N) is 2. The second-order valence-electron chi connectivity index (χ2n) is 6.01. The van der Waals surface area contributed by atoms with E-state index in [1.54, 1.807) is 12.1 Å². The molecule has 1 aromatic carbocycles. The summed E-state index contributed by atoms with van der Waals surface area (Å²) in [4.78, 5) is 25.2. The summed E-state index contributed by atoms with van der Waals surface area (Å²) >= 11 is 1.47. The van der Waals surface area contributed by atoms with E-state index in [1.807, 2.05) is 16.8 Å². The number of aromatic nitrogens is 1. The lowest BCUT2D eigenvalue weighted by Crippen LogP contribution is -2.33. The highest BCUT2D eigenvalue weighted by Gasteiger charge is 2.30. The van der Waals surface area contributed by atoms with Crippen molar-refractivity contribution in [1.29, 1.82) is 0 Å². The van der Waals surface area contributed by atoms with Crippen LogP contribution in [-0.2, 0) is 9.59 Å². The minimum absolute atomic E-state index is 0.0622. The number of ether oxygens (including phenoxy) is 3. The van der Waals surface area contributed by atoms with Crippen LogP contribution in [0.5, 0.6) is 17.2 Å². The van der Waals surface area contributed by atoms with E-state index in [0.29, 0.717) is 34.1 Å². The summed E-state index contributed by atoms with van der Waals surface area (Å²) in [6.07, 6.45) is 0. The van der Waals surface area contributed by atoms with Crippen LogP contribution < -0.4 is 19.1 Å². The molecule has 152 valence electrons. The quantitative estimate of drug-likeness (QED) is 0.600. The van der Waals surface area contributed by atoms with Crippen LogP contribution >= 0.6 is 11.3 Å². The Labute approximate surface area is 171 Å². The van der Waals surface area contributed by atoms with Crippen molar-refractivity contribution in [2.24, 2.45) is 0 Å². The second-order valence-corrected chi connectivity index (χ2v) is 6.79. The molecule has 0 unspecified atom stereocenters. The molecule has 3 aromatic rings. The van der Waals surface area contributed by atoms with Crippen LogP contribution in [0.3, 0.4) is 0 Å². The molecule has 0 saturated carbocycles. The number of benzene rings is 1. The van der Waals surface area contributed by atoms with Gasteiger partial charge in [-0.25, -0.2) is 4.90 Å². The minimum Gasteiger partial charge on any atom is -0.493 e. The first-order valence-electron chi connectivity index (χ1n) is 8.56. The molecule has 0 atom stereocenters. The Hall–Kier alpha value is -3.33. The van der Waals surface area contributed by atoms with Gasteiger partial charge in [-0.15, -0.1) is 0 Å². The van der Waals surface area contributed by atoms with Gasteiger partial charge in [0.25, 0.3) is 0 Å². The molecule has 0 radical (unpaired) electrons. The minimum atomic E-state index is -0.471. The lowest BCUT2D eigenvalue weighted by atomic mass is 10.0. The van der Waals surface area contributed by atoms with E-state index in [1.165, 1.54) is 46.5 Å². The van der Waals surface area contributed by atoms with Gasteiger partial charge in [0, 0.05) is 25.0 Å². The zero-order valence-electron chi connectivity index (χ0n) is 16.6. The normalized spacial score (nSPS) is 10.5. The van der Waals surface area contributed by atoms with Gasteiger partial charge in [-0.1, -0.05) is 5.16 Å². The van der Waals surface area contributed by atoms with Gasteiger partial charge in [0.1, 0.15) is 5.69 Å². The molecule has 8 nitrogen and oxygen atoms in total. The Morgan fingerprint density at radius 2 is 1.62 bits per heavy atom. The maximum Gasteiger partial charge on any atom is 0.249 e. The lowest BCUT2D eigenvalue weighted by Gasteiger charge is -2.15. The summed E-state index contributed by atoms with van der Waals surface area (Å²) in [5.74, 6) is 0.444. The Balaban J connectivity index is 2.29. The fourth-order valence-corrected chi connectivity index (χ4v) is 3.67. The van der Waals surface area contributed by atoms with Crippen molar-refractivity contribution in [3.8, 4) is 39.6 Å². The highest BCUT2D eigenvalue weighted by atomic mass is 32.1. The number of anilines is 1. The number of carbonyl (C=O) groups excluding carboxylic acids is 2. The first-order chi connectivity index (χ1) is 13.9. The Bertz CT molecular complexity index is 1000. The third-order valence-corrected chi connectivity index (χ3v) is 4.94. The van der Waals surface area contributed by atoms with Crippen molar-refractivity contribution in [3.05, 3.63) is 29.0 Å². The number of hydrogen-bond donors (Lipinski definition) is 0. The first-order valence-corrected chi connectivity index (χ1v) is 9.51. The molecule has 0 N–H and O–H groups in total. The number of methoxy groups -OCH3 is 3. The molecular weight excluding hydrogens is 396 g/mol. The summed E-state index contributed by atoms with van der Waals surface area (Å²) in [5.41, 5.74) is 2.33. The maximum atomic E-state index is 12.1. The average molecular weight is 416 g/mol. The molecule has 0 aliphatic heterocycles. The number of carbonyl (C=O) groups is 2. The molecule has 0 fully saturated rings. The van der Waals surface area contributed by atoms with E-state index >= 15 is 0 Å². The monoisotopic (exact) mass is 416 g/mol. The standard InChI is InChI=1S/C20H20N2O6S/c1-11(23)22(12(2)24)20-17(13-6-7-29-10-13)18(21-28-20)14-8-15(25-3)19(27-5)16(9-14)26-4/h6-10H,1-5H3. The molecule has 9 heteroatoms. The van der Waals surface area contributed by atoms with Crippen LogP contribution in [0.15, 0.2) is 33.5 Å². The smallest absolute Gasteiger partial charge is 0.249 e. The SMILES string of the molecule is COc1cc(-c2noc(N(C(C)=O)C(C)=O)c2-c2ccsc2)cc(OC)c1OC. The summed E-state index contributed by atoms with van der Waals surface area (Å²) in [5, 5.41) is 7.94. The molecule has 0 spiro atoms. The van der Waals surface area contributed by atoms with Gasteiger partial charge in [0.15, 0.2) is 11.5 Å². The van der Waals surface area contributed by atoms with Gasteiger partial charge in [-0.3, -0.25) is 9.59 Å². The predicted molar refractivity (Wildman–Crippen MR) is 109 cm³/mol. The lowest BCUT2D eigenvalue weighted by molar-refractivity contribution is -0.124. The van der Waals surface area contributed by atoms with Crippen LogP contribution in [0.1, 0.15) is 13.8 Å². The van der Waals surface area contributed by atoms with Crippen LogP contribution in [0.25, 0.3) is 22.4 Å². The Morgan fingerprint density at radius 3 is 2.07 bits per heavy atom. The van der Waals surface area contributed by atoms with Gasteiger partial charge in [-0.2, -0.15) is 11.3 Å². The summed E-state index contributed by atoms with van der Waals surface area (Å²) in [7, 11) is 4.55. The first kappa shape index (κ1) is 20.4. The van der Waals surface area contributed by atoms with Crippen molar-refractivity contribution < 1.29 is 28.3 Å². The largest absolute Gasteiger partial charge is 0.493 e. The average Bonchev–Trinajstić information content (AvgIpc) is 3.35. The Morgan fingerprint density at radius 1 is 1.00 bits per heavy atom. The number of hydrogen-bond acceptors (Lipinski definition) is 8. The Kier molecular flexibility index (Phi) is 5.88. The number of amides is 2. The van der Waals surface area contributed by atoms with E-state index < -0.39 is 11.8 Å². The van der Waals surface area contributed by atoms with E-state index in [-0.39, 0.29) is 5.88 Å². The molecule has 2 amide bonds. The van der Waals surface area contributed by atoms with E-state index in [9.17, 15) is 9.59 Å². The molecule has 0 aliphatic carbocycles. The fourth-order valence-electron chi connectivity index (χ4n) is 3.02. The number of thiophene rings is 1. The summed E-state index contributed by atoms with van der Waals surface area (Å²) < 4.78 is 21.7. The molecular formula is C20H20N2O6S. The van der Waals surface area contributed by atoms with E-state index in [0.717, 1.165) is 10.5 Å². The predicted octanol–water partition coefficient (Wildman–Crippen LogP) is 4.00. The van der Waals surface area contributed by atoms with Gasteiger partial charge >= 0.3 is 0 Å². The van der Waals surface area contributed by atoms with Crippen molar-refractivity contribution >= 4 is 29.0 Å². The molecule has 0 bridgehead atoms. The number of imide groups is 1. The van der Waals surface area contributed by atoms with Gasteiger partial charge in [0.05, 0.1) is 26.9 Å². The molecule has 0 saturated heterocycles. The fraction of sp³-hybridized carbons (Fsp3) is 0.250. The summed E-state index contributed by atoms with van der Waals surface area (Å²) in [6.45, 7) is 2.58. The third kappa shape index (κ3) is 3.68. The van der Waals surface area contributed by atoms with Crippen LogP contribution in [-0.4, -0.2) is 38.3 Å². The topological polar surface area (TPSA) is 91.1 Å². The second kappa shape index (κ2) is 8.36. The molecule has 2 heterocycles. The number of rotatable bonds is 6. The zero-order chi connectivity index (χ0) is 21.1. The third-order valence-electron chi connectivity index (χ3n) is 4.25. The zero-order valence-corrected chi connectivity index (χ0v) is 17.5. The molecule has 3 rings (SSSR count). The van der Waals surface area contributed by atoms with Gasteiger partial charge < -0.3 is 18.7 Å². The van der Waals surface area contributed by atoms with Crippen molar-refractivity contribution in [2.75, 3.05) is 26.2 Å². The maximum absolute atomic E-state index is 12.1. The highest BCUT2D eigenvalue weighted by Crippen LogP contribution is 2.45. The van der Waals surface area contributed by atoms with Gasteiger partial charge in [-0.05, 0) is 29.0 Å². The molecule has 0 aliphatic rings. The van der Waals surface area contributed by atoms with E-state index in [2.05, 4.69) is 5.16 Å². The van der Waals surface area contributed by atoms with Crippen molar-refractivity contribution in [2.45, 2.75) is 13.8 Å². The van der Waals surface area contributed by atoms with E-state index in [4.69, 9.17) is 18.7 Å². The van der Waals surface area contributed by atoms with Gasteiger partial charge in [0.2, 0.25) is 23.4 Å². The van der Waals surface area contributed by atoms with Crippen LogP contribution in [0.4, 0.5) is 5.88 Å². The molecule has 2 aromatic heterocycles. The summed E-state index contributed by atoms with van der Waals surface area (Å²) in [6, 6.07) is 5.32. The van der Waals surface area contributed by atoms with Crippen LogP contribution in [0.2, 0.25) is 0 Å². The highest BCUT2D eigenvalue weighted by molar-refractivity contribution is 7.08. The van der Waals surface area contributed by atoms with Crippen molar-refractivity contribution in [1.82, 2.24) is 5.16 Å². The molecule has 29 heavy (non-hydrogen) atoms. The van der Waals surface area contributed by atoms with Crippen LogP contribution in [0, 0.1) is 0 Å². The van der Waals surface area contributed by atoms with Crippen molar-refractivity contribution in [3.63, 3.8) is 0 Å².